The van der Waals surface area contributed by atoms with E-state index < -0.39 is 48.3 Å². The molecule has 1 heterocycles. The SMILES string of the molecule is CCC(C)C(C(CC(=O)N1CCCC1C(OC)C(C)C(=O)NC(Cc1ccccc1)C(=O)Nc1ccc(N)cc1)OC)N(C)C(=O)[C@@H](NC(=O)C(C(C)C)N(C)C)C(C)C. The quantitative estimate of drug-likeness (QED) is 0.124. The molecule has 0 bridgehead atoms. The molecule has 0 saturated carbocycles. The summed E-state index contributed by atoms with van der Waals surface area (Å²) in [6.45, 7) is 14.1. The molecule has 60 heavy (non-hydrogen) atoms. The number of nitrogens with two attached hydrogens (primary N) is 1. The summed E-state index contributed by atoms with van der Waals surface area (Å²) in [5.41, 5.74) is 7.83. The van der Waals surface area contributed by atoms with E-state index in [1.165, 1.54) is 7.11 Å². The van der Waals surface area contributed by atoms with Crippen molar-refractivity contribution in [1.29, 1.82) is 0 Å². The van der Waals surface area contributed by atoms with Crippen LogP contribution in [0, 0.1) is 23.7 Å². The summed E-state index contributed by atoms with van der Waals surface area (Å²) in [6, 6.07) is 13.3. The number of nitrogens with zero attached hydrogens (tertiary/aromatic N) is 3. The summed E-state index contributed by atoms with van der Waals surface area (Å²) in [5.74, 6) is -2.31. The number of ether oxygens (including phenoxy) is 2. The third kappa shape index (κ3) is 13.2. The van der Waals surface area contributed by atoms with E-state index in [0.29, 0.717) is 24.3 Å². The van der Waals surface area contributed by atoms with Crippen LogP contribution in [0.5, 0.6) is 0 Å². The minimum atomic E-state index is -0.897. The molecule has 0 aliphatic carbocycles. The maximum Gasteiger partial charge on any atom is 0.247 e. The minimum absolute atomic E-state index is 0.00411. The molecule has 0 spiro atoms. The molecule has 3 rings (SSSR count). The Balaban J connectivity index is 1.81. The van der Waals surface area contributed by atoms with Gasteiger partial charge in [-0.25, -0.2) is 0 Å². The number of nitrogen functional groups attached to an aromatic ring is 1. The fourth-order valence-corrected chi connectivity index (χ4v) is 8.57. The van der Waals surface area contributed by atoms with Crippen LogP contribution in [0.1, 0.15) is 79.7 Å². The Morgan fingerprint density at radius 1 is 0.833 bits per heavy atom. The highest BCUT2D eigenvalue weighted by Gasteiger charge is 2.43. The van der Waals surface area contributed by atoms with Gasteiger partial charge < -0.3 is 41.0 Å². The number of carbonyl (C=O) groups is 5. The Kier molecular flexibility index (Phi) is 19.5. The monoisotopic (exact) mass is 836 g/mol. The van der Waals surface area contributed by atoms with Crippen LogP contribution in [0.2, 0.25) is 0 Å². The Morgan fingerprint density at radius 3 is 2.00 bits per heavy atom. The summed E-state index contributed by atoms with van der Waals surface area (Å²) in [7, 11) is 8.52. The number of likely N-dealkylation sites (tertiary alicyclic amines) is 1. The van der Waals surface area contributed by atoms with Crippen LogP contribution < -0.4 is 21.7 Å². The lowest BCUT2D eigenvalue weighted by Gasteiger charge is -2.41. The molecule has 2 aromatic rings. The molecule has 5 N–H and O–H groups in total. The fraction of sp³-hybridized carbons (Fsp3) is 0.630. The molecule has 1 fully saturated rings. The van der Waals surface area contributed by atoms with Gasteiger partial charge in [0.1, 0.15) is 12.1 Å². The molecular weight excluding hydrogens is 763 g/mol. The second-order valence-corrected chi connectivity index (χ2v) is 17.3. The summed E-state index contributed by atoms with van der Waals surface area (Å²) in [5, 5.41) is 8.91. The molecule has 5 amide bonds. The van der Waals surface area contributed by atoms with Crippen LogP contribution in [-0.2, 0) is 39.9 Å². The van der Waals surface area contributed by atoms with Gasteiger partial charge in [0.15, 0.2) is 0 Å². The first-order valence-electron chi connectivity index (χ1n) is 21.5. The van der Waals surface area contributed by atoms with Gasteiger partial charge in [0.25, 0.3) is 0 Å². The van der Waals surface area contributed by atoms with E-state index in [4.69, 9.17) is 15.2 Å². The second kappa shape index (κ2) is 23.5. The normalized spacial score (nSPS) is 18.2. The fourth-order valence-electron chi connectivity index (χ4n) is 8.57. The zero-order chi connectivity index (χ0) is 44.8. The van der Waals surface area contributed by atoms with E-state index in [9.17, 15) is 24.0 Å². The van der Waals surface area contributed by atoms with Gasteiger partial charge in [0.05, 0.1) is 42.7 Å². The molecule has 1 saturated heterocycles. The highest BCUT2D eigenvalue weighted by atomic mass is 16.5. The third-order valence-corrected chi connectivity index (χ3v) is 12.0. The lowest BCUT2D eigenvalue weighted by molar-refractivity contribution is -0.148. The zero-order valence-corrected chi connectivity index (χ0v) is 38.1. The van der Waals surface area contributed by atoms with Crippen molar-refractivity contribution in [1.82, 2.24) is 25.3 Å². The van der Waals surface area contributed by atoms with Crippen molar-refractivity contribution in [2.24, 2.45) is 23.7 Å². The Labute approximate surface area is 358 Å². The predicted octanol–water partition coefficient (Wildman–Crippen LogP) is 4.58. The highest BCUT2D eigenvalue weighted by molar-refractivity contribution is 5.98. The van der Waals surface area contributed by atoms with Crippen LogP contribution in [0.15, 0.2) is 54.6 Å². The molecule has 14 nitrogen and oxygen atoms in total. The minimum Gasteiger partial charge on any atom is -0.399 e. The average Bonchev–Trinajstić information content (AvgIpc) is 3.69. The predicted molar refractivity (Wildman–Crippen MR) is 237 cm³/mol. The zero-order valence-electron chi connectivity index (χ0n) is 38.1. The smallest absolute Gasteiger partial charge is 0.247 e. The molecule has 2 aromatic carbocycles. The van der Waals surface area contributed by atoms with Crippen molar-refractivity contribution in [2.45, 2.75) is 123 Å². The Bertz CT molecular complexity index is 1680. The number of hydrogen-bond donors (Lipinski definition) is 4. The highest BCUT2D eigenvalue weighted by Crippen LogP contribution is 2.30. The summed E-state index contributed by atoms with van der Waals surface area (Å²) >= 11 is 0. The maximum atomic E-state index is 14.4. The van der Waals surface area contributed by atoms with Gasteiger partial charge in [-0.2, -0.15) is 0 Å². The van der Waals surface area contributed by atoms with Crippen LogP contribution in [0.4, 0.5) is 11.4 Å². The topological polar surface area (TPSA) is 176 Å². The first-order chi connectivity index (χ1) is 28.4. The first-order valence-corrected chi connectivity index (χ1v) is 21.5. The van der Waals surface area contributed by atoms with Crippen LogP contribution in [0.3, 0.4) is 0 Å². The molecule has 8 unspecified atom stereocenters. The molecule has 1 aliphatic rings. The largest absolute Gasteiger partial charge is 0.399 e. The number of methoxy groups -OCH3 is 2. The van der Waals surface area contributed by atoms with Crippen molar-refractivity contribution >= 4 is 40.9 Å². The number of likely N-dealkylation sites (N-methyl/N-ethyl adjacent to an activating group) is 2. The standard InChI is InChI=1S/C46H73N7O7/c1-13-30(6)41(52(10)46(58)39(28(2)3)50-45(57)40(29(4)5)51(8)9)37(59-11)27-38(54)53-25-17-20-36(53)42(60-12)31(7)43(55)49-35(26-32-18-15-14-16-19-32)44(56)48-34-23-21-33(47)22-24-34/h14-16,18-19,21-24,28-31,35-37,39-42H,13,17,20,25-27,47H2,1-12H3,(H,48,56)(H,49,55)(H,50,57)/t30?,31?,35?,36?,37?,39-,40?,41?,42?/m0/s1. The molecule has 1 aliphatic heterocycles. The van der Waals surface area contributed by atoms with E-state index in [-0.39, 0.29) is 60.1 Å². The number of carbonyl (C=O) groups excluding carboxylic acids is 5. The van der Waals surface area contributed by atoms with Gasteiger partial charge in [-0.3, -0.25) is 28.9 Å². The summed E-state index contributed by atoms with van der Waals surface area (Å²) < 4.78 is 12.1. The number of nitrogens with one attached hydrogen (secondary N) is 3. The number of rotatable bonds is 22. The van der Waals surface area contributed by atoms with Crippen molar-refractivity contribution in [2.75, 3.05) is 53.0 Å². The Morgan fingerprint density at radius 2 is 1.47 bits per heavy atom. The third-order valence-electron chi connectivity index (χ3n) is 12.0. The van der Waals surface area contributed by atoms with Gasteiger partial charge in [-0.1, -0.05) is 85.2 Å². The number of hydrogen-bond acceptors (Lipinski definition) is 9. The molecule has 0 radical (unpaired) electrons. The van der Waals surface area contributed by atoms with Crippen molar-refractivity contribution < 1.29 is 33.4 Å². The lowest BCUT2D eigenvalue weighted by atomic mass is 9.89. The van der Waals surface area contributed by atoms with Crippen molar-refractivity contribution in [3.63, 3.8) is 0 Å². The second-order valence-electron chi connectivity index (χ2n) is 17.3. The maximum absolute atomic E-state index is 14.4. The van der Waals surface area contributed by atoms with Gasteiger partial charge in [-0.05, 0) is 74.5 Å². The number of amides is 5. The lowest BCUT2D eigenvalue weighted by Crippen LogP contribution is -2.59. The van der Waals surface area contributed by atoms with Crippen LogP contribution in [-0.4, -0.2) is 129 Å². The van der Waals surface area contributed by atoms with Gasteiger partial charge in [0.2, 0.25) is 29.5 Å². The van der Waals surface area contributed by atoms with Crippen LogP contribution in [0.25, 0.3) is 0 Å². The van der Waals surface area contributed by atoms with Gasteiger partial charge in [0, 0.05) is 45.6 Å². The van der Waals surface area contributed by atoms with Crippen molar-refractivity contribution in [3.05, 3.63) is 60.2 Å². The van der Waals surface area contributed by atoms with Gasteiger partial charge >= 0.3 is 0 Å². The molecular formula is C46H73N7O7. The number of anilines is 2. The van der Waals surface area contributed by atoms with E-state index in [1.54, 1.807) is 55.1 Å². The average molecular weight is 836 g/mol. The number of benzene rings is 2. The van der Waals surface area contributed by atoms with E-state index in [0.717, 1.165) is 18.4 Å². The molecule has 14 heteroatoms. The summed E-state index contributed by atoms with van der Waals surface area (Å²) in [4.78, 5) is 75.1. The van der Waals surface area contributed by atoms with E-state index in [2.05, 4.69) is 16.0 Å². The van der Waals surface area contributed by atoms with Crippen LogP contribution >= 0.6 is 0 Å². The van der Waals surface area contributed by atoms with Crippen molar-refractivity contribution in [3.8, 4) is 0 Å². The molecule has 0 aromatic heterocycles. The first kappa shape index (κ1) is 49.8. The Hall–Kier alpha value is -4.53. The molecule has 9 atom stereocenters. The van der Waals surface area contributed by atoms with E-state index in [1.807, 2.05) is 90.9 Å². The van der Waals surface area contributed by atoms with E-state index >= 15 is 0 Å². The molecule has 334 valence electrons. The summed E-state index contributed by atoms with van der Waals surface area (Å²) in [6.07, 6.45) is 0.994. The van der Waals surface area contributed by atoms with Gasteiger partial charge in [-0.15, -0.1) is 0 Å².